The number of aryl methyl sites for hydroxylation is 2. The maximum Gasteiger partial charge on any atom is 0.331 e. The van der Waals surface area contributed by atoms with E-state index in [9.17, 15) is 14.4 Å². The number of hydrogen-bond donors (Lipinski definition) is 1. The number of carbonyl (C=O) groups is 3. The van der Waals surface area contributed by atoms with Crippen molar-refractivity contribution in [3.63, 3.8) is 0 Å². The molecule has 0 atom stereocenters. The second kappa shape index (κ2) is 10.2. The summed E-state index contributed by atoms with van der Waals surface area (Å²) in [6.07, 6.45) is 2.66. The summed E-state index contributed by atoms with van der Waals surface area (Å²) in [7, 11) is 0. The summed E-state index contributed by atoms with van der Waals surface area (Å²) in [5, 5.41) is 8.69. The first-order valence-corrected chi connectivity index (χ1v) is 10.6. The van der Waals surface area contributed by atoms with E-state index in [1.54, 1.807) is 29.1 Å². The van der Waals surface area contributed by atoms with Crippen molar-refractivity contribution in [1.29, 1.82) is 0 Å². The number of aromatic nitrogens is 2. The number of benzene rings is 1. The van der Waals surface area contributed by atoms with E-state index in [1.165, 1.54) is 23.5 Å². The molecule has 1 N–H and O–H groups in total. The molecule has 7 nitrogen and oxygen atoms in total. The van der Waals surface area contributed by atoms with Crippen molar-refractivity contribution in [2.45, 2.75) is 20.4 Å². The van der Waals surface area contributed by atoms with Crippen LogP contribution in [0.1, 0.15) is 32.1 Å². The quantitative estimate of drug-likeness (QED) is 0.430. The van der Waals surface area contributed by atoms with E-state index in [1.807, 2.05) is 31.2 Å². The van der Waals surface area contributed by atoms with Gasteiger partial charge in [-0.1, -0.05) is 47.5 Å². The Morgan fingerprint density at radius 3 is 2.61 bits per heavy atom. The first-order chi connectivity index (χ1) is 14.8. The van der Waals surface area contributed by atoms with Gasteiger partial charge in [0.15, 0.2) is 6.61 Å². The van der Waals surface area contributed by atoms with E-state index in [0.717, 1.165) is 11.1 Å². The lowest BCUT2D eigenvalue weighted by Crippen LogP contribution is -2.33. The van der Waals surface area contributed by atoms with Crippen molar-refractivity contribution in [1.82, 2.24) is 15.1 Å². The van der Waals surface area contributed by atoms with Gasteiger partial charge in [-0.05, 0) is 36.9 Å². The van der Waals surface area contributed by atoms with Crippen molar-refractivity contribution in [3.8, 4) is 0 Å². The van der Waals surface area contributed by atoms with Crippen molar-refractivity contribution < 1.29 is 19.1 Å². The minimum Gasteiger partial charge on any atom is -0.452 e. The molecule has 0 saturated carbocycles. The molecule has 160 valence electrons. The number of rotatable bonds is 7. The summed E-state index contributed by atoms with van der Waals surface area (Å²) in [5.74, 6) is -1.98. The number of ether oxygens (including phenoxy) is 1. The molecule has 31 heavy (non-hydrogen) atoms. The molecule has 1 aromatic carbocycles. The highest BCUT2D eigenvalue weighted by Crippen LogP contribution is 2.22. The Morgan fingerprint density at radius 1 is 1.19 bits per heavy atom. The molecular formula is C22H20ClN3O4S. The van der Waals surface area contributed by atoms with Crippen LogP contribution in [0.25, 0.3) is 6.08 Å². The Kier molecular flexibility index (Phi) is 7.38. The van der Waals surface area contributed by atoms with Gasteiger partial charge < -0.3 is 4.74 Å². The van der Waals surface area contributed by atoms with E-state index >= 15 is 0 Å². The minimum absolute atomic E-state index is 0.390. The lowest BCUT2D eigenvalue weighted by Gasteiger charge is -2.04. The van der Waals surface area contributed by atoms with E-state index in [0.29, 0.717) is 27.8 Å². The molecule has 0 bridgehead atoms. The topological polar surface area (TPSA) is 90.3 Å². The van der Waals surface area contributed by atoms with E-state index in [-0.39, 0.29) is 0 Å². The van der Waals surface area contributed by atoms with Crippen molar-refractivity contribution in [3.05, 3.63) is 80.3 Å². The van der Waals surface area contributed by atoms with Crippen LogP contribution in [0.15, 0.2) is 47.9 Å². The fourth-order valence-corrected chi connectivity index (χ4v) is 3.61. The summed E-state index contributed by atoms with van der Waals surface area (Å²) < 4.78 is 6.53. The number of imide groups is 1. The second-order valence-corrected chi connectivity index (χ2v) is 8.03. The minimum atomic E-state index is -0.736. The Hall–Kier alpha value is -3.23. The predicted molar refractivity (Wildman–Crippen MR) is 119 cm³/mol. The average Bonchev–Trinajstić information content (AvgIpc) is 3.36. The molecule has 0 radical (unpaired) electrons. The first-order valence-electron chi connectivity index (χ1n) is 9.34. The monoisotopic (exact) mass is 457 g/mol. The third-order valence-corrected chi connectivity index (χ3v) is 5.56. The van der Waals surface area contributed by atoms with Gasteiger partial charge in [-0.3, -0.25) is 14.9 Å². The molecule has 2 heterocycles. The molecule has 0 aliphatic rings. The number of halogens is 1. The first kappa shape index (κ1) is 22.5. The lowest BCUT2D eigenvalue weighted by molar-refractivity contribution is -0.143. The molecule has 9 heteroatoms. The van der Waals surface area contributed by atoms with E-state index < -0.39 is 24.4 Å². The number of esters is 1. The zero-order valence-electron chi connectivity index (χ0n) is 16.9. The number of thiophene rings is 1. The number of carbonyl (C=O) groups excluding carboxylic acids is 3. The van der Waals surface area contributed by atoms with Crippen LogP contribution in [0.5, 0.6) is 0 Å². The molecule has 2 amide bonds. The summed E-state index contributed by atoms with van der Waals surface area (Å²) in [6, 6.07) is 11.3. The van der Waals surface area contributed by atoms with Gasteiger partial charge in [-0.15, -0.1) is 11.3 Å². The smallest absolute Gasteiger partial charge is 0.331 e. The van der Waals surface area contributed by atoms with Gasteiger partial charge in [0.1, 0.15) is 5.15 Å². The normalized spacial score (nSPS) is 10.9. The molecule has 0 fully saturated rings. The second-order valence-electron chi connectivity index (χ2n) is 6.73. The Bertz CT molecular complexity index is 1120. The highest BCUT2D eigenvalue weighted by atomic mass is 35.5. The van der Waals surface area contributed by atoms with Crippen molar-refractivity contribution in [2.24, 2.45) is 0 Å². The summed E-state index contributed by atoms with van der Waals surface area (Å²) in [5.41, 5.74) is 3.45. The third kappa shape index (κ3) is 6.13. The van der Waals surface area contributed by atoms with Crippen LogP contribution in [0, 0.1) is 13.8 Å². The molecular weight excluding hydrogens is 438 g/mol. The summed E-state index contributed by atoms with van der Waals surface area (Å²) >= 11 is 7.63. The number of nitrogens with one attached hydrogen (secondary N) is 1. The summed E-state index contributed by atoms with van der Waals surface area (Å²) in [6.45, 7) is 3.73. The molecule has 3 rings (SSSR count). The fourth-order valence-electron chi connectivity index (χ4n) is 2.70. The molecule has 0 saturated heterocycles. The molecule has 0 unspecified atom stereocenters. The van der Waals surface area contributed by atoms with Crippen LogP contribution in [0.4, 0.5) is 0 Å². The Labute approximate surface area is 188 Å². The van der Waals surface area contributed by atoms with E-state index in [4.69, 9.17) is 16.3 Å². The maximum atomic E-state index is 11.9. The molecule has 0 spiro atoms. The highest BCUT2D eigenvalue weighted by molar-refractivity contribution is 7.12. The van der Waals surface area contributed by atoms with Gasteiger partial charge in [0, 0.05) is 11.6 Å². The standard InChI is InChI=1S/C22H20ClN3O4S/c1-14-5-7-16(8-6-14)12-26-21(23)17(15(2)25-26)9-10-20(28)30-13-19(27)24-22(29)18-4-3-11-31-18/h3-11H,12-13H2,1-2H3,(H,24,27,29)/b10-9+. The Morgan fingerprint density at radius 2 is 1.94 bits per heavy atom. The van der Waals surface area contributed by atoms with Crippen LogP contribution in [-0.2, 0) is 20.9 Å². The highest BCUT2D eigenvalue weighted by Gasteiger charge is 2.14. The molecule has 0 aliphatic heterocycles. The zero-order chi connectivity index (χ0) is 22.4. The molecule has 3 aromatic rings. The summed E-state index contributed by atoms with van der Waals surface area (Å²) in [4.78, 5) is 35.9. The fraction of sp³-hybridized carbons (Fsp3) is 0.182. The lowest BCUT2D eigenvalue weighted by atomic mass is 10.1. The van der Waals surface area contributed by atoms with Gasteiger partial charge in [0.2, 0.25) is 0 Å². The van der Waals surface area contributed by atoms with Crippen LogP contribution in [0.3, 0.4) is 0 Å². The zero-order valence-corrected chi connectivity index (χ0v) is 18.5. The maximum absolute atomic E-state index is 11.9. The molecule has 2 aromatic heterocycles. The van der Waals surface area contributed by atoms with Crippen LogP contribution in [-0.4, -0.2) is 34.2 Å². The van der Waals surface area contributed by atoms with Crippen LogP contribution >= 0.6 is 22.9 Å². The van der Waals surface area contributed by atoms with Gasteiger partial charge >= 0.3 is 5.97 Å². The molecule has 0 aliphatic carbocycles. The average molecular weight is 458 g/mol. The van der Waals surface area contributed by atoms with Crippen LogP contribution in [0.2, 0.25) is 5.15 Å². The largest absolute Gasteiger partial charge is 0.452 e. The number of hydrogen-bond acceptors (Lipinski definition) is 6. The van der Waals surface area contributed by atoms with Crippen molar-refractivity contribution >= 4 is 46.8 Å². The Balaban J connectivity index is 1.55. The predicted octanol–water partition coefficient (Wildman–Crippen LogP) is 3.78. The van der Waals surface area contributed by atoms with Gasteiger partial charge in [-0.2, -0.15) is 5.10 Å². The van der Waals surface area contributed by atoms with Gasteiger partial charge in [-0.25, -0.2) is 9.48 Å². The van der Waals surface area contributed by atoms with E-state index in [2.05, 4.69) is 10.4 Å². The SMILES string of the molecule is Cc1ccc(Cn2nc(C)c(/C=C/C(=O)OCC(=O)NC(=O)c3cccs3)c2Cl)cc1. The van der Waals surface area contributed by atoms with Gasteiger partial charge in [0.05, 0.1) is 17.1 Å². The number of amides is 2. The number of nitrogens with zero attached hydrogens (tertiary/aromatic N) is 2. The van der Waals surface area contributed by atoms with Gasteiger partial charge in [0.25, 0.3) is 11.8 Å². The third-order valence-electron chi connectivity index (χ3n) is 4.29. The van der Waals surface area contributed by atoms with Crippen LogP contribution < -0.4 is 5.32 Å². The van der Waals surface area contributed by atoms with Crippen molar-refractivity contribution in [2.75, 3.05) is 6.61 Å².